The standard InChI is InChI=1S/C56H86O/c1-3-5-7-9-11-13-15-17-19-21-23-25-27-29-31-33-39-49-45-47-55(53-43-37-35-41-51(49)53)57-56-48-46-50(52-42-36-38-44-54(52)56)40-34-32-30-28-26-24-22-20-18-16-14-12-10-8-6-4-2/h35-38,41-48H,3-34,39-40H2,1-2H3. The molecule has 1 nitrogen and oxygen atoms in total. The fourth-order valence-electron chi connectivity index (χ4n) is 9.13. The van der Waals surface area contributed by atoms with Crippen molar-refractivity contribution in [1.82, 2.24) is 0 Å². The first-order chi connectivity index (χ1) is 28.3. The van der Waals surface area contributed by atoms with Crippen molar-refractivity contribution in [3.63, 3.8) is 0 Å². The summed E-state index contributed by atoms with van der Waals surface area (Å²) in [5, 5.41) is 5.15. The summed E-state index contributed by atoms with van der Waals surface area (Å²) >= 11 is 0. The lowest BCUT2D eigenvalue weighted by Gasteiger charge is -2.15. The number of benzene rings is 4. The van der Waals surface area contributed by atoms with E-state index in [0.717, 1.165) is 24.3 Å². The number of unbranched alkanes of at least 4 members (excludes halogenated alkanes) is 30. The van der Waals surface area contributed by atoms with Crippen LogP contribution in [0.4, 0.5) is 0 Å². The third-order valence-electron chi connectivity index (χ3n) is 12.8. The minimum absolute atomic E-state index is 0.969. The summed E-state index contributed by atoms with van der Waals surface area (Å²) in [5.74, 6) is 1.94. The van der Waals surface area contributed by atoms with E-state index in [1.54, 1.807) is 0 Å². The molecule has 0 unspecified atom stereocenters. The highest BCUT2D eigenvalue weighted by atomic mass is 16.5. The Morgan fingerprint density at radius 1 is 0.263 bits per heavy atom. The molecule has 0 saturated carbocycles. The third kappa shape index (κ3) is 19.2. The predicted octanol–water partition coefficient (Wildman–Crippen LogP) is 19.4. The lowest BCUT2D eigenvalue weighted by molar-refractivity contribution is 0.493. The maximum absolute atomic E-state index is 6.78. The number of rotatable bonds is 36. The smallest absolute Gasteiger partial charge is 0.135 e. The summed E-state index contributed by atoms with van der Waals surface area (Å²) in [5.41, 5.74) is 2.92. The Kier molecular flexibility index (Phi) is 25.6. The lowest BCUT2D eigenvalue weighted by atomic mass is 9.97. The first-order valence-corrected chi connectivity index (χ1v) is 25.0. The van der Waals surface area contributed by atoms with E-state index in [4.69, 9.17) is 4.74 Å². The van der Waals surface area contributed by atoms with Crippen molar-refractivity contribution in [2.45, 2.75) is 232 Å². The third-order valence-corrected chi connectivity index (χ3v) is 12.8. The van der Waals surface area contributed by atoms with Crippen LogP contribution in [-0.4, -0.2) is 0 Å². The Balaban J connectivity index is 1.12. The molecule has 0 aliphatic heterocycles. The molecule has 0 amide bonds. The molecule has 4 rings (SSSR count). The highest BCUT2D eigenvalue weighted by Crippen LogP contribution is 2.37. The van der Waals surface area contributed by atoms with Gasteiger partial charge in [0.15, 0.2) is 0 Å². The molecule has 0 spiro atoms. The highest BCUT2D eigenvalue weighted by molar-refractivity contribution is 5.94. The van der Waals surface area contributed by atoms with Crippen molar-refractivity contribution >= 4 is 21.5 Å². The Morgan fingerprint density at radius 3 is 0.789 bits per heavy atom. The van der Waals surface area contributed by atoms with Gasteiger partial charge in [-0.2, -0.15) is 0 Å². The van der Waals surface area contributed by atoms with Crippen molar-refractivity contribution < 1.29 is 4.74 Å². The molecule has 0 aliphatic rings. The van der Waals surface area contributed by atoms with Crippen molar-refractivity contribution in [2.24, 2.45) is 0 Å². The normalized spacial score (nSPS) is 11.6. The molecular formula is C56H86O. The fraction of sp³-hybridized carbons (Fsp3) is 0.643. The number of ether oxygens (including phenoxy) is 1. The van der Waals surface area contributed by atoms with Crippen molar-refractivity contribution in [1.29, 1.82) is 0 Å². The van der Waals surface area contributed by atoms with Gasteiger partial charge in [-0.3, -0.25) is 0 Å². The molecule has 0 N–H and O–H groups in total. The van der Waals surface area contributed by atoms with E-state index < -0.39 is 0 Å². The molecule has 0 atom stereocenters. The Hall–Kier alpha value is -2.80. The fourth-order valence-corrected chi connectivity index (χ4v) is 9.13. The van der Waals surface area contributed by atoms with E-state index in [-0.39, 0.29) is 0 Å². The van der Waals surface area contributed by atoms with Gasteiger partial charge < -0.3 is 4.74 Å². The molecular weight excluding hydrogens is 689 g/mol. The second-order valence-electron chi connectivity index (χ2n) is 17.7. The molecule has 4 aromatic rings. The first kappa shape index (κ1) is 46.9. The van der Waals surface area contributed by atoms with Crippen LogP contribution in [0.3, 0.4) is 0 Å². The van der Waals surface area contributed by atoms with Crippen LogP contribution in [0, 0.1) is 0 Å². The lowest BCUT2D eigenvalue weighted by Crippen LogP contribution is -1.94. The summed E-state index contributed by atoms with van der Waals surface area (Å²) in [6.07, 6.45) is 47.5. The topological polar surface area (TPSA) is 9.23 Å². The van der Waals surface area contributed by atoms with Gasteiger partial charge in [-0.25, -0.2) is 0 Å². The first-order valence-electron chi connectivity index (χ1n) is 25.0. The highest BCUT2D eigenvalue weighted by Gasteiger charge is 2.12. The van der Waals surface area contributed by atoms with E-state index in [9.17, 15) is 0 Å². The quantitative estimate of drug-likeness (QED) is 0.0418. The minimum atomic E-state index is 0.969. The summed E-state index contributed by atoms with van der Waals surface area (Å²) in [6.45, 7) is 4.61. The monoisotopic (exact) mass is 775 g/mol. The van der Waals surface area contributed by atoms with Crippen molar-refractivity contribution in [2.75, 3.05) is 0 Å². The summed E-state index contributed by atoms with van der Waals surface area (Å²) < 4.78 is 6.78. The number of aryl methyl sites for hydroxylation is 2. The van der Waals surface area contributed by atoms with E-state index in [2.05, 4.69) is 86.6 Å². The van der Waals surface area contributed by atoms with E-state index in [1.807, 2.05) is 0 Å². The molecule has 57 heavy (non-hydrogen) atoms. The largest absolute Gasteiger partial charge is 0.456 e. The Bertz CT molecular complexity index is 1450. The number of hydrogen-bond donors (Lipinski definition) is 0. The van der Waals surface area contributed by atoms with Crippen LogP contribution in [-0.2, 0) is 12.8 Å². The zero-order valence-electron chi connectivity index (χ0n) is 37.4. The predicted molar refractivity (Wildman–Crippen MR) is 254 cm³/mol. The van der Waals surface area contributed by atoms with Crippen LogP contribution < -0.4 is 4.74 Å². The average molecular weight is 775 g/mol. The molecule has 0 bridgehead atoms. The van der Waals surface area contributed by atoms with Crippen LogP contribution >= 0.6 is 0 Å². The molecule has 0 aromatic heterocycles. The van der Waals surface area contributed by atoms with Crippen LogP contribution in [0.25, 0.3) is 21.5 Å². The van der Waals surface area contributed by atoms with Gasteiger partial charge in [0.25, 0.3) is 0 Å². The van der Waals surface area contributed by atoms with E-state index >= 15 is 0 Å². The average Bonchev–Trinajstić information content (AvgIpc) is 3.24. The molecule has 4 aromatic carbocycles. The molecule has 0 radical (unpaired) electrons. The van der Waals surface area contributed by atoms with Crippen molar-refractivity contribution in [3.8, 4) is 11.5 Å². The van der Waals surface area contributed by atoms with Gasteiger partial charge in [0, 0.05) is 10.8 Å². The molecule has 1 heteroatoms. The second kappa shape index (κ2) is 31.2. The minimum Gasteiger partial charge on any atom is -0.456 e. The summed E-state index contributed by atoms with van der Waals surface area (Å²) in [6, 6.07) is 26.9. The number of hydrogen-bond acceptors (Lipinski definition) is 1. The maximum Gasteiger partial charge on any atom is 0.135 e. The zero-order valence-corrected chi connectivity index (χ0v) is 37.4. The Morgan fingerprint density at radius 2 is 0.509 bits per heavy atom. The molecule has 0 saturated heterocycles. The zero-order chi connectivity index (χ0) is 39.9. The van der Waals surface area contributed by atoms with E-state index in [0.29, 0.717) is 0 Å². The maximum atomic E-state index is 6.78. The van der Waals surface area contributed by atoms with Gasteiger partial charge in [0.05, 0.1) is 0 Å². The van der Waals surface area contributed by atoms with Crippen LogP contribution in [0.1, 0.15) is 230 Å². The Labute approximate surface area is 352 Å². The van der Waals surface area contributed by atoms with Crippen LogP contribution in [0.2, 0.25) is 0 Å². The van der Waals surface area contributed by atoms with Crippen LogP contribution in [0.5, 0.6) is 11.5 Å². The molecule has 0 heterocycles. The van der Waals surface area contributed by atoms with Crippen molar-refractivity contribution in [3.05, 3.63) is 83.9 Å². The molecule has 0 fully saturated rings. The van der Waals surface area contributed by atoms with Gasteiger partial charge in [0.2, 0.25) is 0 Å². The van der Waals surface area contributed by atoms with Gasteiger partial charge in [0.1, 0.15) is 11.5 Å². The van der Waals surface area contributed by atoms with Crippen LogP contribution in [0.15, 0.2) is 72.8 Å². The number of fused-ring (bicyclic) bond motifs is 2. The van der Waals surface area contributed by atoms with Gasteiger partial charge in [-0.05, 0) is 59.7 Å². The summed E-state index contributed by atoms with van der Waals surface area (Å²) in [4.78, 5) is 0. The van der Waals surface area contributed by atoms with Gasteiger partial charge in [-0.1, -0.05) is 267 Å². The van der Waals surface area contributed by atoms with E-state index in [1.165, 1.54) is 238 Å². The molecule has 316 valence electrons. The molecule has 0 aliphatic carbocycles. The summed E-state index contributed by atoms with van der Waals surface area (Å²) in [7, 11) is 0. The SMILES string of the molecule is CCCCCCCCCCCCCCCCCCc1ccc(Oc2ccc(CCCCCCCCCCCCCCCCCC)c3ccccc23)c2ccccc12. The van der Waals surface area contributed by atoms with Gasteiger partial charge in [-0.15, -0.1) is 0 Å². The second-order valence-corrected chi connectivity index (χ2v) is 17.7. The van der Waals surface area contributed by atoms with Gasteiger partial charge >= 0.3 is 0 Å².